The van der Waals surface area contributed by atoms with Crippen LogP contribution in [-0.4, -0.2) is 35.2 Å². The Morgan fingerprint density at radius 2 is 2.10 bits per heavy atom. The lowest BCUT2D eigenvalue weighted by molar-refractivity contribution is 0.0818. The van der Waals surface area contributed by atoms with Crippen molar-refractivity contribution in [2.45, 2.75) is 32.4 Å². The first-order valence-electron chi connectivity index (χ1n) is 10.0. The zero-order valence-corrected chi connectivity index (χ0v) is 16.8. The molecule has 1 aromatic heterocycles. The van der Waals surface area contributed by atoms with Gasteiger partial charge in [-0.25, -0.2) is 9.18 Å². The number of amides is 2. The molecule has 0 radical (unpaired) electrons. The fourth-order valence-corrected chi connectivity index (χ4v) is 3.76. The van der Waals surface area contributed by atoms with E-state index < -0.39 is 11.8 Å². The molecule has 1 saturated heterocycles. The van der Waals surface area contributed by atoms with Gasteiger partial charge in [-0.15, -0.1) is 0 Å². The number of hydrogen-bond donors (Lipinski definition) is 2. The first kappa shape index (κ1) is 20.1. The lowest BCUT2D eigenvalue weighted by Crippen LogP contribution is -2.41. The van der Waals surface area contributed by atoms with Crippen LogP contribution < -0.4 is 10.9 Å². The molecule has 1 aliphatic heterocycles. The summed E-state index contributed by atoms with van der Waals surface area (Å²) in [4.78, 5) is 30.1. The van der Waals surface area contributed by atoms with Gasteiger partial charge in [-0.3, -0.25) is 4.79 Å². The number of aromatic nitrogens is 1. The van der Waals surface area contributed by atoms with Crippen molar-refractivity contribution >= 4 is 22.6 Å². The highest BCUT2D eigenvalue weighted by Gasteiger charge is 2.24. The van der Waals surface area contributed by atoms with E-state index in [2.05, 4.69) is 10.3 Å². The predicted octanol–water partition coefficient (Wildman–Crippen LogP) is 4.19. The number of benzene rings is 2. The van der Waals surface area contributed by atoms with Crippen LogP contribution in [0.4, 0.5) is 14.9 Å². The second-order valence-electron chi connectivity index (χ2n) is 7.59. The van der Waals surface area contributed by atoms with Gasteiger partial charge in [-0.1, -0.05) is 30.3 Å². The number of pyridine rings is 1. The summed E-state index contributed by atoms with van der Waals surface area (Å²) in [6.45, 7) is 3.01. The second-order valence-corrected chi connectivity index (χ2v) is 7.59. The molecule has 2 amide bonds. The lowest BCUT2D eigenvalue weighted by atomic mass is 10.1. The molecular formula is C23H24FN3O3. The maximum absolute atomic E-state index is 14.0. The smallest absolute Gasteiger partial charge is 0.322 e. The van der Waals surface area contributed by atoms with Crippen LogP contribution in [0.1, 0.15) is 24.0 Å². The molecule has 1 atom stereocenters. The van der Waals surface area contributed by atoms with Gasteiger partial charge in [0.25, 0.3) is 5.56 Å². The average molecular weight is 409 g/mol. The topological polar surface area (TPSA) is 74.4 Å². The van der Waals surface area contributed by atoms with Crippen molar-refractivity contribution in [1.82, 2.24) is 9.88 Å². The number of nitrogens with zero attached hydrogens (tertiary/aromatic N) is 1. The molecular weight excluding hydrogens is 385 g/mol. The fraction of sp³-hybridized carbons (Fsp3) is 0.304. The Morgan fingerprint density at radius 1 is 1.27 bits per heavy atom. The lowest BCUT2D eigenvalue weighted by Gasteiger charge is -2.26. The van der Waals surface area contributed by atoms with Crippen molar-refractivity contribution in [3.63, 3.8) is 0 Å². The van der Waals surface area contributed by atoms with Crippen molar-refractivity contribution in [1.29, 1.82) is 0 Å². The maximum Gasteiger partial charge on any atom is 0.322 e. The summed E-state index contributed by atoms with van der Waals surface area (Å²) in [6, 6.07) is 13.1. The number of urea groups is 1. The van der Waals surface area contributed by atoms with Crippen LogP contribution in [0.25, 0.3) is 10.9 Å². The Morgan fingerprint density at radius 3 is 2.87 bits per heavy atom. The predicted molar refractivity (Wildman–Crippen MR) is 114 cm³/mol. The van der Waals surface area contributed by atoms with Gasteiger partial charge in [-0.2, -0.15) is 0 Å². The Bertz CT molecular complexity index is 1120. The number of carbonyl (C=O) groups is 1. The van der Waals surface area contributed by atoms with Gasteiger partial charge in [0, 0.05) is 18.7 Å². The molecule has 3 aromatic rings. The summed E-state index contributed by atoms with van der Waals surface area (Å²) in [5.74, 6) is -0.512. The van der Waals surface area contributed by atoms with Crippen LogP contribution in [0.15, 0.2) is 53.3 Å². The number of fused-ring (bicyclic) bond motifs is 1. The first-order chi connectivity index (χ1) is 14.5. The Kier molecular flexibility index (Phi) is 5.81. The van der Waals surface area contributed by atoms with E-state index in [1.807, 2.05) is 25.1 Å². The number of H-pyrrole nitrogens is 1. The molecule has 0 bridgehead atoms. The molecule has 7 heteroatoms. The number of carbonyl (C=O) groups excluding carboxylic acids is 1. The van der Waals surface area contributed by atoms with Crippen molar-refractivity contribution in [2.75, 3.05) is 18.5 Å². The molecule has 0 spiro atoms. The summed E-state index contributed by atoms with van der Waals surface area (Å²) in [7, 11) is 0. The van der Waals surface area contributed by atoms with E-state index in [0.29, 0.717) is 18.7 Å². The summed E-state index contributed by atoms with van der Waals surface area (Å²) >= 11 is 0. The minimum atomic E-state index is -0.512. The van der Waals surface area contributed by atoms with Gasteiger partial charge in [-0.05, 0) is 48.9 Å². The summed E-state index contributed by atoms with van der Waals surface area (Å²) in [5, 5.41) is 3.51. The molecule has 1 aliphatic rings. The normalized spacial score (nSPS) is 16.0. The summed E-state index contributed by atoms with van der Waals surface area (Å²) in [6.07, 6.45) is 1.68. The van der Waals surface area contributed by atoms with Crippen LogP contribution >= 0.6 is 0 Å². The van der Waals surface area contributed by atoms with Crippen molar-refractivity contribution in [3.8, 4) is 0 Å². The van der Waals surface area contributed by atoms with E-state index in [1.54, 1.807) is 18.2 Å². The SMILES string of the molecule is Cc1cccc2cc(CN(C[C@@H]3CCCO3)C(=O)Nc3ccccc3F)c(=O)[nH]c12. The van der Waals surface area contributed by atoms with Crippen LogP contribution in [0, 0.1) is 12.7 Å². The second kappa shape index (κ2) is 8.67. The minimum Gasteiger partial charge on any atom is -0.376 e. The van der Waals surface area contributed by atoms with E-state index >= 15 is 0 Å². The monoisotopic (exact) mass is 409 g/mol. The number of hydrogen-bond acceptors (Lipinski definition) is 3. The van der Waals surface area contributed by atoms with Crippen LogP contribution in [0.2, 0.25) is 0 Å². The molecule has 6 nitrogen and oxygen atoms in total. The third kappa shape index (κ3) is 4.36. The molecule has 2 heterocycles. The van der Waals surface area contributed by atoms with Crippen LogP contribution in [-0.2, 0) is 11.3 Å². The Balaban J connectivity index is 1.62. The number of aryl methyl sites for hydroxylation is 1. The van der Waals surface area contributed by atoms with E-state index in [-0.39, 0.29) is 23.9 Å². The minimum absolute atomic E-state index is 0.0966. The Hall–Kier alpha value is -3.19. The third-order valence-corrected chi connectivity index (χ3v) is 5.38. The number of para-hydroxylation sites is 2. The molecule has 30 heavy (non-hydrogen) atoms. The Labute approximate surface area is 173 Å². The van der Waals surface area contributed by atoms with E-state index in [1.165, 1.54) is 17.0 Å². The van der Waals surface area contributed by atoms with E-state index in [9.17, 15) is 14.0 Å². The number of aromatic amines is 1. The summed E-state index contributed by atoms with van der Waals surface area (Å²) in [5.41, 5.74) is 2.09. The first-order valence-corrected chi connectivity index (χ1v) is 10.0. The maximum atomic E-state index is 14.0. The molecule has 2 N–H and O–H groups in total. The quantitative estimate of drug-likeness (QED) is 0.664. The highest BCUT2D eigenvalue weighted by atomic mass is 19.1. The van der Waals surface area contributed by atoms with Crippen LogP contribution in [0.3, 0.4) is 0 Å². The molecule has 156 valence electrons. The zero-order valence-electron chi connectivity index (χ0n) is 16.8. The molecule has 0 aliphatic carbocycles. The van der Waals surface area contributed by atoms with E-state index in [0.717, 1.165) is 29.3 Å². The number of anilines is 1. The molecule has 0 unspecified atom stereocenters. The standard InChI is InChI=1S/C23H24FN3O3/c1-15-6-4-7-16-12-17(22(28)26-21(15)16)13-27(14-18-8-5-11-30-18)23(29)25-20-10-3-2-9-19(20)24/h2-4,6-7,9-10,12,18H,5,8,11,13-14H2,1H3,(H,25,29)(H,26,28)/t18-/m0/s1. The third-order valence-electron chi connectivity index (χ3n) is 5.38. The van der Waals surface area contributed by atoms with Gasteiger partial charge < -0.3 is 19.9 Å². The molecule has 2 aromatic carbocycles. The van der Waals surface area contributed by atoms with Crippen molar-refractivity contribution in [3.05, 3.63) is 75.8 Å². The molecule has 1 fully saturated rings. The van der Waals surface area contributed by atoms with Gasteiger partial charge >= 0.3 is 6.03 Å². The van der Waals surface area contributed by atoms with E-state index in [4.69, 9.17) is 4.74 Å². The zero-order chi connectivity index (χ0) is 21.1. The van der Waals surface area contributed by atoms with Gasteiger partial charge in [0.2, 0.25) is 0 Å². The number of ether oxygens (including phenoxy) is 1. The van der Waals surface area contributed by atoms with Crippen LogP contribution in [0.5, 0.6) is 0 Å². The summed E-state index contributed by atoms with van der Waals surface area (Å²) < 4.78 is 19.7. The number of halogens is 1. The largest absolute Gasteiger partial charge is 0.376 e. The number of rotatable bonds is 5. The van der Waals surface area contributed by atoms with Crippen molar-refractivity contribution in [2.24, 2.45) is 0 Å². The average Bonchev–Trinajstić information content (AvgIpc) is 3.24. The van der Waals surface area contributed by atoms with Crippen molar-refractivity contribution < 1.29 is 13.9 Å². The molecule has 0 saturated carbocycles. The highest BCUT2D eigenvalue weighted by Crippen LogP contribution is 2.19. The van der Waals surface area contributed by atoms with Gasteiger partial charge in [0.15, 0.2) is 0 Å². The fourth-order valence-electron chi connectivity index (χ4n) is 3.76. The molecule has 4 rings (SSSR count). The number of nitrogens with one attached hydrogen (secondary N) is 2. The van der Waals surface area contributed by atoms with Gasteiger partial charge in [0.1, 0.15) is 5.82 Å². The van der Waals surface area contributed by atoms with Gasteiger partial charge in [0.05, 0.1) is 23.9 Å². The highest BCUT2D eigenvalue weighted by molar-refractivity contribution is 5.89.